The first-order valence-electron chi connectivity index (χ1n) is 8.07. The molecule has 0 bridgehead atoms. The van der Waals surface area contributed by atoms with E-state index in [1.807, 2.05) is 6.92 Å². The highest BCUT2D eigenvalue weighted by Gasteiger charge is 2.08. The Morgan fingerprint density at radius 2 is 1.38 bits per heavy atom. The lowest BCUT2D eigenvalue weighted by molar-refractivity contribution is -0.137. The lowest BCUT2D eigenvalue weighted by Crippen LogP contribution is -2.10. The van der Waals surface area contributed by atoms with Gasteiger partial charge >= 0.3 is 5.97 Å². The van der Waals surface area contributed by atoms with Crippen LogP contribution in [0.1, 0.15) is 77.6 Å². The maximum absolute atomic E-state index is 11.3. The highest BCUT2D eigenvalue weighted by atomic mass is 32.2. The minimum Gasteiger partial charge on any atom is -0.481 e. The zero-order valence-corrected chi connectivity index (χ0v) is 14.0. The Bertz CT molecular complexity index is 351. The molecule has 0 radical (unpaired) electrons. The van der Waals surface area contributed by atoms with Crippen LogP contribution in [0.3, 0.4) is 0 Å². The van der Waals surface area contributed by atoms with Crippen LogP contribution in [0.5, 0.6) is 0 Å². The number of carboxylic acids is 1. The first-order chi connectivity index (χ1) is 9.98. The van der Waals surface area contributed by atoms with Crippen LogP contribution in [0, 0.1) is 0 Å². The maximum atomic E-state index is 11.3. The van der Waals surface area contributed by atoms with Crippen molar-refractivity contribution in [3.63, 3.8) is 0 Å². The summed E-state index contributed by atoms with van der Waals surface area (Å²) in [5.74, 6) is -0.604. The second-order valence-corrected chi connectivity index (χ2v) is 7.17. The molecule has 0 rings (SSSR count). The van der Waals surface area contributed by atoms with Crippen molar-refractivity contribution in [2.45, 2.75) is 77.6 Å². The fourth-order valence-corrected chi connectivity index (χ4v) is 3.10. The standard InChI is InChI=1S/C15H30O5S/c1-2-14-21(18,19)20-13-11-9-7-5-3-4-6-8-10-12-15(16)17/h2-14H2,1H3,(H,16,17). The molecular formula is C15H30O5S. The predicted octanol–water partition coefficient (Wildman–Crippen LogP) is 3.73. The van der Waals surface area contributed by atoms with E-state index in [-0.39, 0.29) is 12.2 Å². The van der Waals surface area contributed by atoms with E-state index in [4.69, 9.17) is 9.29 Å². The average Bonchev–Trinajstić information content (AvgIpc) is 2.39. The molecule has 0 aromatic rings. The van der Waals surface area contributed by atoms with Gasteiger partial charge in [0.2, 0.25) is 0 Å². The number of hydrogen-bond acceptors (Lipinski definition) is 4. The van der Waals surface area contributed by atoms with E-state index in [0.717, 1.165) is 51.4 Å². The third-order valence-corrected chi connectivity index (χ3v) is 4.69. The summed E-state index contributed by atoms with van der Waals surface area (Å²) in [5, 5.41) is 8.49. The molecule has 126 valence electrons. The van der Waals surface area contributed by atoms with Crippen molar-refractivity contribution < 1.29 is 22.5 Å². The second-order valence-electron chi connectivity index (χ2n) is 5.41. The normalized spacial score (nSPS) is 11.7. The zero-order chi connectivity index (χ0) is 16.0. The van der Waals surface area contributed by atoms with Crippen LogP contribution >= 0.6 is 0 Å². The Labute approximate surface area is 129 Å². The molecule has 0 aliphatic heterocycles. The lowest BCUT2D eigenvalue weighted by Gasteiger charge is -2.04. The van der Waals surface area contributed by atoms with Crippen LogP contribution in [0.4, 0.5) is 0 Å². The molecule has 0 saturated carbocycles. The summed E-state index contributed by atoms with van der Waals surface area (Å²) in [6.45, 7) is 2.13. The summed E-state index contributed by atoms with van der Waals surface area (Å²) in [6, 6.07) is 0. The Morgan fingerprint density at radius 1 is 0.905 bits per heavy atom. The molecule has 0 fully saturated rings. The summed E-state index contributed by atoms with van der Waals surface area (Å²) in [4.78, 5) is 10.3. The van der Waals surface area contributed by atoms with Gasteiger partial charge in [-0.2, -0.15) is 8.42 Å². The molecule has 0 atom stereocenters. The number of carbonyl (C=O) groups is 1. The molecule has 0 aromatic carbocycles. The van der Waals surface area contributed by atoms with Gasteiger partial charge in [-0.15, -0.1) is 0 Å². The van der Waals surface area contributed by atoms with Gasteiger partial charge in [0, 0.05) is 6.42 Å². The van der Waals surface area contributed by atoms with Gasteiger partial charge in [-0.25, -0.2) is 0 Å². The van der Waals surface area contributed by atoms with E-state index in [0.29, 0.717) is 13.0 Å². The Kier molecular flexibility index (Phi) is 12.7. The van der Waals surface area contributed by atoms with E-state index in [2.05, 4.69) is 0 Å². The predicted molar refractivity (Wildman–Crippen MR) is 83.8 cm³/mol. The van der Waals surface area contributed by atoms with Gasteiger partial charge in [0.25, 0.3) is 10.1 Å². The van der Waals surface area contributed by atoms with Crippen molar-refractivity contribution in [2.75, 3.05) is 12.4 Å². The highest BCUT2D eigenvalue weighted by molar-refractivity contribution is 7.86. The van der Waals surface area contributed by atoms with Crippen LogP contribution in [0.25, 0.3) is 0 Å². The van der Waals surface area contributed by atoms with E-state index >= 15 is 0 Å². The molecule has 1 N–H and O–H groups in total. The molecule has 0 heterocycles. The topological polar surface area (TPSA) is 80.7 Å². The van der Waals surface area contributed by atoms with Crippen molar-refractivity contribution >= 4 is 16.1 Å². The number of hydrogen-bond donors (Lipinski definition) is 1. The van der Waals surface area contributed by atoms with Gasteiger partial charge in [0.15, 0.2) is 0 Å². The molecule has 0 aromatic heterocycles. The summed E-state index contributed by atoms with van der Waals surface area (Å²) in [6.07, 6.45) is 10.1. The van der Waals surface area contributed by atoms with Crippen molar-refractivity contribution in [3.05, 3.63) is 0 Å². The average molecular weight is 322 g/mol. The number of rotatable bonds is 15. The fourth-order valence-electron chi connectivity index (χ4n) is 2.11. The highest BCUT2D eigenvalue weighted by Crippen LogP contribution is 2.11. The van der Waals surface area contributed by atoms with E-state index < -0.39 is 16.1 Å². The van der Waals surface area contributed by atoms with Crippen molar-refractivity contribution in [1.82, 2.24) is 0 Å². The van der Waals surface area contributed by atoms with Crippen LogP contribution in [0.2, 0.25) is 0 Å². The smallest absolute Gasteiger partial charge is 0.303 e. The van der Waals surface area contributed by atoms with Crippen molar-refractivity contribution in [2.24, 2.45) is 0 Å². The number of unbranched alkanes of at least 4 members (excludes halogenated alkanes) is 8. The summed E-state index contributed by atoms with van der Waals surface area (Å²) < 4.78 is 27.4. The molecule has 0 spiro atoms. The lowest BCUT2D eigenvalue weighted by atomic mass is 10.1. The van der Waals surface area contributed by atoms with Gasteiger partial charge in [-0.3, -0.25) is 8.98 Å². The summed E-state index contributed by atoms with van der Waals surface area (Å²) in [7, 11) is -3.29. The summed E-state index contributed by atoms with van der Waals surface area (Å²) in [5.41, 5.74) is 0. The molecule has 21 heavy (non-hydrogen) atoms. The third-order valence-electron chi connectivity index (χ3n) is 3.25. The molecule has 0 aliphatic carbocycles. The SMILES string of the molecule is CCCS(=O)(=O)OCCCCCCCCCCCC(=O)O. The van der Waals surface area contributed by atoms with E-state index in [9.17, 15) is 13.2 Å². The van der Waals surface area contributed by atoms with Crippen LogP contribution in [-0.2, 0) is 19.1 Å². The third kappa shape index (κ3) is 15.6. The molecule has 0 aliphatic rings. The second kappa shape index (κ2) is 13.1. The first kappa shape index (κ1) is 20.4. The van der Waals surface area contributed by atoms with E-state index in [1.54, 1.807) is 0 Å². The van der Waals surface area contributed by atoms with E-state index in [1.165, 1.54) is 6.42 Å². The minimum atomic E-state index is -3.29. The Hall–Kier alpha value is -0.620. The Balaban J connectivity index is 3.21. The molecule has 0 amide bonds. The maximum Gasteiger partial charge on any atom is 0.303 e. The number of carboxylic acid groups (broad SMARTS) is 1. The van der Waals surface area contributed by atoms with Gasteiger partial charge in [0.05, 0.1) is 12.4 Å². The van der Waals surface area contributed by atoms with Gasteiger partial charge in [-0.05, 0) is 19.3 Å². The molecule has 5 nitrogen and oxygen atoms in total. The van der Waals surface area contributed by atoms with Gasteiger partial charge < -0.3 is 5.11 Å². The Morgan fingerprint density at radius 3 is 1.86 bits per heavy atom. The van der Waals surface area contributed by atoms with Crippen LogP contribution in [-0.4, -0.2) is 31.9 Å². The van der Waals surface area contributed by atoms with Crippen molar-refractivity contribution in [3.8, 4) is 0 Å². The minimum absolute atomic E-state index is 0.106. The fraction of sp³-hybridized carbons (Fsp3) is 0.933. The zero-order valence-electron chi connectivity index (χ0n) is 13.2. The number of aliphatic carboxylic acids is 1. The monoisotopic (exact) mass is 322 g/mol. The van der Waals surface area contributed by atoms with Gasteiger partial charge in [-0.1, -0.05) is 51.9 Å². The molecule has 0 saturated heterocycles. The quantitative estimate of drug-likeness (QED) is 0.367. The largest absolute Gasteiger partial charge is 0.481 e. The molecule has 6 heteroatoms. The molecule has 0 unspecified atom stereocenters. The van der Waals surface area contributed by atoms with Crippen LogP contribution < -0.4 is 0 Å². The van der Waals surface area contributed by atoms with Crippen molar-refractivity contribution in [1.29, 1.82) is 0 Å². The first-order valence-corrected chi connectivity index (χ1v) is 9.64. The molecular weight excluding hydrogens is 292 g/mol. The van der Waals surface area contributed by atoms with Crippen LogP contribution in [0.15, 0.2) is 0 Å². The summed E-state index contributed by atoms with van der Waals surface area (Å²) >= 11 is 0. The van der Waals surface area contributed by atoms with Gasteiger partial charge in [0.1, 0.15) is 0 Å².